The Labute approximate surface area is 178 Å². The van der Waals surface area contributed by atoms with Crippen molar-refractivity contribution in [2.75, 3.05) is 0 Å². The van der Waals surface area contributed by atoms with Crippen LogP contribution < -0.4 is 0 Å². The van der Waals surface area contributed by atoms with E-state index in [0.717, 1.165) is 25.7 Å². The van der Waals surface area contributed by atoms with Crippen LogP contribution in [0.3, 0.4) is 0 Å². The minimum atomic E-state index is -1.11. The van der Waals surface area contributed by atoms with E-state index >= 15 is 0 Å². The molecule has 0 aromatic rings. The first-order chi connectivity index (χ1) is 13.6. The minimum absolute atomic E-state index is 0.0930. The number of ketones is 1. The van der Waals surface area contributed by atoms with Crippen LogP contribution in [0.15, 0.2) is 23.8 Å². The highest BCUT2D eigenvalue weighted by molar-refractivity contribution is 7.96. The number of carbonyl (C=O) groups is 3. The van der Waals surface area contributed by atoms with Gasteiger partial charge < -0.3 is 4.74 Å². The zero-order valence-electron chi connectivity index (χ0n) is 17.9. The molecule has 29 heavy (non-hydrogen) atoms. The maximum absolute atomic E-state index is 12.8. The monoisotopic (exact) mass is 416 g/mol. The highest BCUT2D eigenvalue weighted by atomic mass is 32.1. The van der Waals surface area contributed by atoms with Gasteiger partial charge in [0.25, 0.3) is 0 Å². The lowest BCUT2D eigenvalue weighted by Crippen LogP contribution is -2.58. The molecule has 4 nitrogen and oxygen atoms in total. The van der Waals surface area contributed by atoms with Crippen molar-refractivity contribution in [3.8, 4) is 0 Å². The fourth-order valence-electron chi connectivity index (χ4n) is 7.44. The van der Waals surface area contributed by atoms with Crippen molar-refractivity contribution in [3.05, 3.63) is 23.8 Å². The molecule has 4 rings (SSSR count). The van der Waals surface area contributed by atoms with Crippen LogP contribution in [0.4, 0.5) is 0 Å². The number of fused-ring (bicyclic) bond motifs is 5. The molecule has 0 amide bonds. The maximum atomic E-state index is 12.8. The van der Waals surface area contributed by atoms with Crippen LogP contribution in [0.25, 0.3) is 0 Å². The second-order valence-electron chi connectivity index (χ2n) is 10.1. The van der Waals surface area contributed by atoms with Crippen LogP contribution in [0, 0.1) is 34.5 Å². The van der Waals surface area contributed by atoms with Gasteiger partial charge in [0, 0.05) is 17.3 Å². The Balaban J connectivity index is 1.73. The van der Waals surface area contributed by atoms with E-state index in [9.17, 15) is 14.4 Å². The van der Waals surface area contributed by atoms with Gasteiger partial charge in [-0.3, -0.25) is 14.4 Å². The summed E-state index contributed by atoms with van der Waals surface area (Å²) < 4.78 is 5.90. The van der Waals surface area contributed by atoms with E-state index in [4.69, 9.17) is 4.74 Å². The number of carbonyl (C=O) groups excluding carboxylic acids is 3. The molecule has 2 unspecified atom stereocenters. The van der Waals surface area contributed by atoms with Crippen LogP contribution in [-0.2, 0) is 19.1 Å². The van der Waals surface area contributed by atoms with Gasteiger partial charge in [-0.2, -0.15) is 0 Å². The van der Waals surface area contributed by atoms with E-state index in [1.165, 1.54) is 5.57 Å². The molecule has 4 aliphatic carbocycles. The molecule has 3 fully saturated rings. The summed E-state index contributed by atoms with van der Waals surface area (Å²) in [5.41, 5.74) is -0.337. The summed E-state index contributed by atoms with van der Waals surface area (Å²) in [5, 5.41) is -0.304. The van der Waals surface area contributed by atoms with Crippen molar-refractivity contribution in [1.29, 1.82) is 0 Å². The standard InChI is InChI=1S/C24H32O4S/c1-5-20(26)28-24(21(27)29)11-8-18-16-12-14(2)19-13-15(25)6-9-22(19,3)17(16)7-10-23(18,24)4/h6,9,13-14,16-18H,5,7-8,10-12H2,1-4H3,(H,27,29)/t14?,16-,17+,18+,22-,23+,24?/m1/s1. The SMILES string of the molecule is CCC(=O)OC1(C(=O)S)CC[C@H]2[C@@H]3CC(C)C4=CC(=O)C=C[C@]4(C)[C@H]3CC[C@@]21C. The second kappa shape index (κ2) is 6.83. The van der Waals surface area contributed by atoms with Crippen molar-refractivity contribution in [2.24, 2.45) is 34.5 Å². The summed E-state index contributed by atoms with van der Waals surface area (Å²) in [6, 6.07) is 0. The second-order valence-corrected chi connectivity index (χ2v) is 10.5. The molecule has 0 N–H and O–H groups in total. The lowest BCUT2D eigenvalue weighted by Gasteiger charge is -2.59. The molecule has 0 heterocycles. The molecule has 5 heteroatoms. The number of thiol groups is 1. The molecule has 0 aromatic carbocycles. The smallest absolute Gasteiger partial charge is 0.306 e. The van der Waals surface area contributed by atoms with Gasteiger partial charge >= 0.3 is 5.97 Å². The Bertz CT molecular complexity index is 829. The number of hydrogen-bond donors (Lipinski definition) is 1. The summed E-state index contributed by atoms with van der Waals surface area (Å²) in [6.45, 7) is 8.41. The molecular weight excluding hydrogens is 384 g/mol. The lowest BCUT2D eigenvalue weighted by molar-refractivity contribution is -0.184. The molecule has 0 radical (unpaired) electrons. The molecule has 3 saturated carbocycles. The molecule has 7 atom stereocenters. The number of allylic oxidation sites excluding steroid dienone is 4. The average Bonchev–Trinajstić information content (AvgIpc) is 2.97. The maximum Gasteiger partial charge on any atom is 0.306 e. The van der Waals surface area contributed by atoms with Crippen LogP contribution >= 0.6 is 12.6 Å². The van der Waals surface area contributed by atoms with Crippen LogP contribution in [0.1, 0.15) is 66.2 Å². The summed E-state index contributed by atoms with van der Waals surface area (Å²) >= 11 is 4.23. The zero-order chi connectivity index (χ0) is 21.2. The van der Waals surface area contributed by atoms with Gasteiger partial charge in [0.05, 0.1) is 0 Å². The first-order valence-electron chi connectivity index (χ1n) is 11.0. The van der Waals surface area contributed by atoms with Crippen LogP contribution in [0.2, 0.25) is 0 Å². The van der Waals surface area contributed by atoms with Gasteiger partial charge in [-0.25, -0.2) is 0 Å². The highest BCUT2D eigenvalue weighted by Gasteiger charge is 2.68. The van der Waals surface area contributed by atoms with Crippen molar-refractivity contribution < 1.29 is 19.1 Å². The number of rotatable bonds is 3. The predicted molar refractivity (Wildman–Crippen MR) is 114 cm³/mol. The first-order valence-corrected chi connectivity index (χ1v) is 11.4. The topological polar surface area (TPSA) is 60.4 Å². The number of ether oxygens (including phenoxy) is 1. The lowest BCUT2D eigenvalue weighted by atomic mass is 9.46. The third-order valence-electron chi connectivity index (χ3n) is 8.92. The molecule has 0 aliphatic heterocycles. The largest absolute Gasteiger partial charge is 0.449 e. The predicted octanol–water partition coefficient (Wildman–Crippen LogP) is 4.69. The van der Waals surface area contributed by atoms with E-state index < -0.39 is 5.60 Å². The third kappa shape index (κ3) is 2.75. The van der Waals surface area contributed by atoms with E-state index in [2.05, 4.69) is 39.5 Å². The van der Waals surface area contributed by atoms with Crippen molar-refractivity contribution >= 4 is 29.5 Å². The molecule has 0 aromatic heterocycles. The van der Waals surface area contributed by atoms with Gasteiger partial charge in [-0.1, -0.05) is 39.3 Å². The average molecular weight is 417 g/mol. The molecule has 0 bridgehead atoms. The van der Waals surface area contributed by atoms with Crippen LogP contribution in [0.5, 0.6) is 0 Å². The van der Waals surface area contributed by atoms with Crippen molar-refractivity contribution in [1.82, 2.24) is 0 Å². The van der Waals surface area contributed by atoms with Gasteiger partial charge in [-0.15, -0.1) is 12.6 Å². The molecule has 0 spiro atoms. The number of esters is 1. The van der Waals surface area contributed by atoms with E-state index in [1.807, 2.05) is 6.08 Å². The fraction of sp³-hybridized carbons (Fsp3) is 0.708. The summed E-state index contributed by atoms with van der Waals surface area (Å²) in [5.74, 6) is 1.31. The van der Waals surface area contributed by atoms with E-state index in [-0.39, 0.29) is 34.1 Å². The third-order valence-corrected chi connectivity index (χ3v) is 9.28. The quantitative estimate of drug-likeness (QED) is 0.536. The van der Waals surface area contributed by atoms with Gasteiger partial charge in [0.15, 0.2) is 11.4 Å². The van der Waals surface area contributed by atoms with E-state index in [1.54, 1.807) is 13.0 Å². The summed E-state index contributed by atoms with van der Waals surface area (Å²) in [7, 11) is 0. The van der Waals surface area contributed by atoms with Gasteiger partial charge in [0.1, 0.15) is 0 Å². The molecule has 4 aliphatic rings. The summed E-state index contributed by atoms with van der Waals surface area (Å²) in [6.07, 6.45) is 10.2. The number of hydrogen-bond acceptors (Lipinski definition) is 4. The van der Waals surface area contributed by atoms with Crippen molar-refractivity contribution in [3.63, 3.8) is 0 Å². The van der Waals surface area contributed by atoms with E-state index in [0.29, 0.717) is 30.1 Å². The zero-order valence-corrected chi connectivity index (χ0v) is 18.8. The Morgan fingerprint density at radius 2 is 1.90 bits per heavy atom. The first kappa shape index (κ1) is 20.9. The van der Waals surface area contributed by atoms with Gasteiger partial charge in [0.2, 0.25) is 5.12 Å². The fourth-order valence-corrected chi connectivity index (χ4v) is 7.86. The molecular formula is C24H32O4S. The summed E-state index contributed by atoms with van der Waals surface area (Å²) in [4.78, 5) is 37.0. The normalized spacial score (nSPS) is 45.7. The van der Waals surface area contributed by atoms with Gasteiger partial charge in [-0.05, 0) is 67.9 Å². The Morgan fingerprint density at radius 1 is 1.21 bits per heavy atom. The molecule has 0 saturated heterocycles. The Hall–Kier alpha value is -1.36. The van der Waals surface area contributed by atoms with Crippen molar-refractivity contribution in [2.45, 2.75) is 71.8 Å². The molecule has 158 valence electrons. The highest BCUT2D eigenvalue weighted by Crippen LogP contribution is 2.68. The van der Waals surface area contributed by atoms with Crippen LogP contribution in [-0.4, -0.2) is 22.5 Å². The minimum Gasteiger partial charge on any atom is -0.449 e. The Kier molecular flexibility index (Phi) is 4.92. The Morgan fingerprint density at radius 3 is 2.55 bits per heavy atom.